The van der Waals surface area contributed by atoms with Crippen molar-refractivity contribution in [2.24, 2.45) is 0 Å². The molecule has 1 N–H and O–H groups in total. The molecule has 0 aliphatic rings. The molecule has 12 heteroatoms. The molecule has 0 bridgehead atoms. The van der Waals surface area contributed by atoms with Crippen LogP contribution in [0.25, 0.3) is 22.5 Å². The van der Waals surface area contributed by atoms with Gasteiger partial charge >= 0.3 is 11.9 Å². The minimum atomic E-state index is -0.646. The third kappa shape index (κ3) is 5.77. The van der Waals surface area contributed by atoms with Gasteiger partial charge in [0.25, 0.3) is 0 Å². The minimum absolute atomic E-state index is 0.0245. The van der Waals surface area contributed by atoms with Crippen LogP contribution < -0.4 is 5.32 Å². The Morgan fingerprint density at radius 2 is 1.72 bits per heavy atom. The average Bonchev–Trinajstić information content (AvgIpc) is 3.61. The molecule has 0 fully saturated rings. The minimum Gasteiger partial charge on any atom is -0.465 e. The van der Waals surface area contributed by atoms with Crippen LogP contribution in [0.4, 0.5) is 5.00 Å². The van der Waals surface area contributed by atoms with Crippen LogP contribution in [0.5, 0.6) is 0 Å². The molecule has 39 heavy (non-hydrogen) atoms. The Morgan fingerprint density at radius 3 is 2.36 bits per heavy atom. The van der Waals surface area contributed by atoms with Crippen LogP contribution in [0.15, 0.2) is 34.8 Å². The number of aromatic nitrogens is 3. The molecule has 0 radical (unpaired) electrons. The standard InChI is InChI=1S/C27H28N4O5S3/c1-7-31-23(18-12-37-16(4)21(18)17-10-8-14(2)9-11-17)29-30-27(31)38-13-19(32)28-24-20(25(33)35-5)15(3)22(39-24)26(34)36-6/h8-12H,7,13H2,1-6H3,(H,28,32). The van der Waals surface area contributed by atoms with Crippen molar-refractivity contribution in [2.75, 3.05) is 25.3 Å². The molecule has 0 aliphatic carbocycles. The summed E-state index contributed by atoms with van der Waals surface area (Å²) in [5.74, 6) is -0.828. The van der Waals surface area contributed by atoms with Crippen LogP contribution in [-0.2, 0) is 20.8 Å². The lowest BCUT2D eigenvalue weighted by molar-refractivity contribution is -0.113. The van der Waals surface area contributed by atoms with E-state index >= 15 is 0 Å². The molecule has 9 nitrogen and oxygen atoms in total. The Morgan fingerprint density at radius 1 is 1.03 bits per heavy atom. The molecular formula is C27H28N4O5S3. The number of hydrogen-bond acceptors (Lipinski definition) is 10. The number of nitrogens with zero attached hydrogens (tertiary/aromatic N) is 3. The summed E-state index contributed by atoms with van der Waals surface area (Å²) in [6.45, 7) is 8.39. The SMILES string of the molecule is CCn1c(SCC(=O)Nc2sc(C(=O)OC)c(C)c2C(=O)OC)nnc1-c1csc(C)c1-c1ccc(C)cc1. The maximum atomic E-state index is 12.9. The largest absolute Gasteiger partial charge is 0.465 e. The number of anilines is 1. The highest BCUT2D eigenvalue weighted by Gasteiger charge is 2.27. The Balaban J connectivity index is 1.56. The second kappa shape index (κ2) is 12.1. The van der Waals surface area contributed by atoms with Gasteiger partial charge in [0.05, 0.1) is 25.5 Å². The highest BCUT2D eigenvalue weighted by molar-refractivity contribution is 7.99. The molecule has 0 saturated heterocycles. The number of methoxy groups -OCH3 is 2. The number of rotatable bonds is 9. The summed E-state index contributed by atoms with van der Waals surface area (Å²) >= 11 is 3.88. The molecule has 204 valence electrons. The van der Waals surface area contributed by atoms with E-state index in [-0.39, 0.29) is 27.1 Å². The van der Waals surface area contributed by atoms with E-state index in [0.29, 0.717) is 17.3 Å². The average molecular weight is 585 g/mol. The first kappa shape index (κ1) is 28.5. The van der Waals surface area contributed by atoms with Gasteiger partial charge in [-0.05, 0) is 38.8 Å². The first-order chi connectivity index (χ1) is 18.7. The van der Waals surface area contributed by atoms with E-state index in [2.05, 4.69) is 59.0 Å². The van der Waals surface area contributed by atoms with Crippen molar-refractivity contribution in [3.8, 4) is 22.5 Å². The molecule has 1 amide bonds. The lowest BCUT2D eigenvalue weighted by Crippen LogP contribution is -2.16. The smallest absolute Gasteiger partial charge is 0.348 e. The number of ether oxygens (including phenoxy) is 2. The molecule has 1 aromatic carbocycles. The summed E-state index contributed by atoms with van der Waals surface area (Å²) in [5.41, 5.74) is 4.97. The van der Waals surface area contributed by atoms with Crippen molar-refractivity contribution in [1.82, 2.24) is 14.8 Å². The van der Waals surface area contributed by atoms with E-state index < -0.39 is 11.9 Å². The summed E-state index contributed by atoms with van der Waals surface area (Å²) in [5, 5.41) is 14.5. The Bertz CT molecular complexity index is 1540. The van der Waals surface area contributed by atoms with Gasteiger partial charge in [0, 0.05) is 27.9 Å². The number of nitrogens with one attached hydrogen (secondary N) is 1. The fourth-order valence-corrected chi connectivity index (χ4v) is 6.90. The van der Waals surface area contributed by atoms with Gasteiger partial charge in [0.1, 0.15) is 9.88 Å². The van der Waals surface area contributed by atoms with Crippen molar-refractivity contribution >= 4 is 57.3 Å². The van der Waals surface area contributed by atoms with Crippen molar-refractivity contribution in [3.05, 3.63) is 56.1 Å². The van der Waals surface area contributed by atoms with Crippen LogP contribution in [0.2, 0.25) is 0 Å². The Kier molecular flexibility index (Phi) is 8.88. The molecule has 3 aromatic heterocycles. The van der Waals surface area contributed by atoms with Gasteiger partial charge < -0.3 is 19.4 Å². The molecule has 3 heterocycles. The Labute approximate surface area is 238 Å². The van der Waals surface area contributed by atoms with Gasteiger partial charge in [-0.25, -0.2) is 9.59 Å². The number of thioether (sulfide) groups is 1. The third-order valence-electron chi connectivity index (χ3n) is 6.08. The second-order valence-corrected chi connectivity index (χ2v) is 11.6. The van der Waals surface area contributed by atoms with Crippen LogP contribution in [0, 0.1) is 20.8 Å². The van der Waals surface area contributed by atoms with Crippen molar-refractivity contribution < 1.29 is 23.9 Å². The van der Waals surface area contributed by atoms with Crippen molar-refractivity contribution in [2.45, 2.75) is 39.4 Å². The maximum absolute atomic E-state index is 12.9. The lowest BCUT2D eigenvalue weighted by Gasteiger charge is -2.10. The van der Waals surface area contributed by atoms with Crippen molar-refractivity contribution in [3.63, 3.8) is 0 Å². The van der Waals surface area contributed by atoms with Crippen molar-refractivity contribution in [1.29, 1.82) is 0 Å². The van der Waals surface area contributed by atoms with Gasteiger partial charge in [0.2, 0.25) is 5.91 Å². The fourth-order valence-electron chi connectivity index (χ4n) is 4.11. The van der Waals surface area contributed by atoms with E-state index in [1.807, 2.05) is 11.5 Å². The first-order valence-corrected chi connectivity index (χ1v) is 14.7. The zero-order valence-corrected chi connectivity index (χ0v) is 24.9. The highest BCUT2D eigenvalue weighted by atomic mass is 32.2. The molecule has 0 saturated carbocycles. The van der Waals surface area contributed by atoms with E-state index in [4.69, 9.17) is 9.47 Å². The van der Waals surface area contributed by atoms with Gasteiger partial charge in [0.15, 0.2) is 11.0 Å². The predicted molar refractivity (Wildman–Crippen MR) is 155 cm³/mol. The molecule has 4 aromatic rings. The van der Waals surface area contributed by atoms with Crippen LogP contribution in [-0.4, -0.2) is 52.6 Å². The van der Waals surface area contributed by atoms with E-state index in [1.165, 1.54) is 36.4 Å². The predicted octanol–water partition coefficient (Wildman–Crippen LogP) is 5.98. The fraction of sp³-hybridized carbons (Fsp3) is 0.296. The van der Waals surface area contributed by atoms with Crippen LogP contribution in [0.1, 0.15) is 43.0 Å². The molecule has 4 rings (SSSR count). The number of amides is 1. The van der Waals surface area contributed by atoms with Gasteiger partial charge in [-0.15, -0.1) is 32.9 Å². The van der Waals surface area contributed by atoms with E-state index in [1.54, 1.807) is 18.3 Å². The molecular weight excluding hydrogens is 557 g/mol. The number of carbonyl (C=O) groups is 3. The number of hydrogen-bond donors (Lipinski definition) is 1. The summed E-state index contributed by atoms with van der Waals surface area (Å²) < 4.78 is 11.6. The summed E-state index contributed by atoms with van der Waals surface area (Å²) in [4.78, 5) is 38.8. The number of aryl methyl sites for hydroxylation is 2. The number of carbonyl (C=O) groups excluding carboxylic acids is 3. The van der Waals surface area contributed by atoms with Gasteiger partial charge in [-0.1, -0.05) is 41.6 Å². The van der Waals surface area contributed by atoms with Crippen LogP contribution in [0.3, 0.4) is 0 Å². The molecule has 0 aliphatic heterocycles. The summed E-state index contributed by atoms with van der Waals surface area (Å²) in [7, 11) is 2.50. The zero-order valence-electron chi connectivity index (χ0n) is 22.4. The van der Waals surface area contributed by atoms with Crippen LogP contribution >= 0.6 is 34.4 Å². The highest BCUT2D eigenvalue weighted by Crippen LogP contribution is 2.39. The molecule has 0 atom stereocenters. The van der Waals surface area contributed by atoms with E-state index in [9.17, 15) is 14.4 Å². The normalized spacial score (nSPS) is 10.9. The summed E-state index contributed by atoms with van der Waals surface area (Å²) in [6, 6.07) is 8.41. The lowest BCUT2D eigenvalue weighted by atomic mass is 10.0. The number of esters is 2. The number of benzene rings is 1. The molecule has 0 spiro atoms. The first-order valence-electron chi connectivity index (χ1n) is 12.0. The monoisotopic (exact) mass is 584 g/mol. The Hall–Kier alpha value is -3.48. The zero-order chi connectivity index (χ0) is 28.3. The van der Waals surface area contributed by atoms with E-state index in [0.717, 1.165) is 33.9 Å². The second-order valence-electron chi connectivity index (χ2n) is 8.58. The quantitative estimate of drug-likeness (QED) is 0.189. The third-order valence-corrected chi connectivity index (χ3v) is 9.15. The molecule has 0 unspecified atom stereocenters. The number of thiophene rings is 2. The topological polar surface area (TPSA) is 112 Å². The van der Waals surface area contributed by atoms with Gasteiger partial charge in [-0.2, -0.15) is 0 Å². The maximum Gasteiger partial charge on any atom is 0.348 e. The summed E-state index contributed by atoms with van der Waals surface area (Å²) in [6.07, 6.45) is 0. The van der Waals surface area contributed by atoms with Gasteiger partial charge in [-0.3, -0.25) is 4.79 Å².